The third-order valence-electron chi connectivity index (χ3n) is 4.09. The van der Waals surface area contributed by atoms with Crippen molar-refractivity contribution in [1.29, 1.82) is 0 Å². The zero-order valence-corrected chi connectivity index (χ0v) is 15.9. The maximum Gasteiger partial charge on any atom is 0.286 e. The zero-order chi connectivity index (χ0) is 16.8. The first-order valence-electron chi connectivity index (χ1n) is 8.36. The summed E-state index contributed by atoms with van der Waals surface area (Å²) in [5, 5.41) is 3.36. The van der Waals surface area contributed by atoms with Crippen LogP contribution in [0.2, 0.25) is 0 Å². The molecule has 0 atom stereocenters. The Labute approximate surface area is 146 Å². The maximum atomic E-state index is 12.7. The van der Waals surface area contributed by atoms with Crippen LogP contribution in [0.25, 0.3) is 5.70 Å². The van der Waals surface area contributed by atoms with Crippen molar-refractivity contribution < 1.29 is 0 Å². The van der Waals surface area contributed by atoms with Crippen LogP contribution >= 0.6 is 15.9 Å². The second kappa shape index (κ2) is 8.66. The maximum absolute atomic E-state index is 12.7. The first-order chi connectivity index (χ1) is 11.1. The molecule has 1 aromatic rings. The lowest BCUT2D eigenvalue weighted by Crippen LogP contribution is -2.43. The van der Waals surface area contributed by atoms with Gasteiger partial charge in [0.2, 0.25) is 0 Å². The summed E-state index contributed by atoms with van der Waals surface area (Å²) in [5.74, 6) is 0. The highest BCUT2D eigenvalue weighted by Gasteiger charge is 2.20. The third kappa shape index (κ3) is 4.25. The molecule has 0 aliphatic carbocycles. The number of aromatic nitrogens is 2. The number of hydrogen-bond donors (Lipinski definition) is 1. The first kappa shape index (κ1) is 18.2. The molecule has 2 rings (SSSR count). The number of hydrogen-bond acceptors (Lipinski definition) is 3. The average molecular weight is 383 g/mol. The van der Waals surface area contributed by atoms with Gasteiger partial charge < -0.3 is 5.32 Å². The van der Waals surface area contributed by atoms with Crippen molar-refractivity contribution in [2.24, 2.45) is 7.05 Å². The summed E-state index contributed by atoms with van der Waals surface area (Å²) in [6, 6.07) is 0. The molecule has 1 N–H and O–H groups in total. The highest BCUT2D eigenvalue weighted by Crippen LogP contribution is 2.18. The molecule has 6 heteroatoms. The fourth-order valence-corrected chi connectivity index (χ4v) is 3.38. The zero-order valence-electron chi connectivity index (χ0n) is 14.3. The largest absolute Gasteiger partial charge is 0.314 e. The molecule has 1 aromatic heterocycles. The van der Waals surface area contributed by atoms with Crippen molar-refractivity contribution in [3.8, 4) is 0 Å². The van der Waals surface area contributed by atoms with Gasteiger partial charge in [0.05, 0.1) is 11.4 Å². The minimum atomic E-state index is 0.0121. The highest BCUT2D eigenvalue weighted by molar-refractivity contribution is 9.10. The minimum Gasteiger partial charge on any atom is -0.314 e. The summed E-state index contributed by atoms with van der Waals surface area (Å²) in [4.78, 5) is 15.1. The van der Waals surface area contributed by atoms with E-state index >= 15 is 0 Å². The molecule has 0 spiro atoms. The van der Waals surface area contributed by atoms with Gasteiger partial charge in [0.25, 0.3) is 5.56 Å². The van der Waals surface area contributed by atoms with Gasteiger partial charge in [-0.3, -0.25) is 14.4 Å². The predicted octanol–water partition coefficient (Wildman–Crippen LogP) is 2.57. The van der Waals surface area contributed by atoms with Gasteiger partial charge in [-0.1, -0.05) is 26.0 Å². The Morgan fingerprint density at radius 1 is 1.26 bits per heavy atom. The van der Waals surface area contributed by atoms with E-state index in [4.69, 9.17) is 0 Å². The SMILES string of the molecule is CC/C=C\C(=C/CC)n1c(=O)c(Br)c(CN2CCNCC2)n1C. The molecule has 1 fully saturated rings. The summed E-state index contributed by atoms with van der Waals surface area (Å²) in [5.41, 5.74) is 1.98. The Morgan fingerprint density at radius 2 is 1.96 bits per heavy atom. The van der Waals surface area contributed by atoms with E-state index < -0.39 is 0 Å². The molecule has 0 aromatic carbocycles. The van der Waals surface area contributed by atoms with E-state index in [1.807, 2.05) is 17.8 Å². The molecule has 0 radical (unpaired) electrons. The van der Waals surface area contributed by atoms with E-state index in [-0.39, 0.29) is 5.56 Å². The van der Waals surface area contributed by atoms with Crippen LogP contribution in [0.4, 0.5) is 0 Å². The first-order valence-corrected chi connectivity index (χ1v) is 9.15. The van der Waals surface area contributed by atoms with Gasteiger partial charge in [0.15, 0.2) is 0 Å². The van der Waals surface area contributed by atoms with Crippen LogP contribution in [-0.2, 0) is 13.6 Å². The van der Waals surface area contributed by atoms with Crippen LogP contribution in [0, 0.1) is 0 Å². The van der Waals surface area contributed by atoms with Gasteiger partial charge in [0.1, 0.15) is 4.47 Å². The Morgan fingerprint density at radius 3 is 2.57 bits per heavy atom. The number of halogens is 1. The monoisotopic (exact) mass is 382 g/mol. The van der Waals surface area contributed by atoms with Crippen molar-refractivity contribution in [1.82, 2.24) is 19.6 Å². The fraction of sp³-hybridized carbons (Fsp3) is 0.588. The Balaban J connectivity index is 2.37. The topological polar surface area (TPSA) is 42.2 Å². The molecule has 0 amide bonds. The Hall–Kier alpha value is -1.11. The molecule has 0 unspecified atom stereocenters. The van der Waals surface area contributed by atoms with E-state index in [1.54, 1.807) is 4.68 Å². The van der Waals surface area contributed by atoms with Crippen molar-refractivity contribution in [2.45, 2.75) is 33.2 Å². The van der Waals surface area contributed by atoms with E-state index in [0.29, 0.717) is 4.47 Å². The smallest absolute Gasteiger partial charge is 0.286 e. The van der Waals surface area contributed by atoms with Gasteiger partial charge in [-0.2, -0.15) is 0 Å². The highest BCUT2D eigenvalue weighted by atomic mass is 79.9. The van der Waals surface area contributed by atoms with E-state index in [1.165, 1.54) is 0 Å². The molecule has 1 saturated heterocycles. The summed E-state index contributed by atoms with van der Waals surface area (Å²) < 4.78 is 4.41. The predicted molar refractivity (Wildman–Crippen MR) is 99.5 cm³/mol. The van der Waals surface area contributed by atoms with Crippen LogP contribution in [-0.4, -0.2) is 40.4 Å². The van der Waals surface area contributed by atoms with Crippen LogP contribution < -0.4 is 10.9 Å². The number of nitrogens with zero attached hydrogens (tertiary/aromatic N) is 3. The second-order valence-electron chi connectivity index (χ2n) is 5.78. The van der Waals surface area contributed by atoms with Crippen LogP contribution in [0.15, 0.2) is 27.5 Å². The lowest BCUT2D eigenvalue weighted by molar-refractivity contribution is 0.227. The summed E-state index contributed by atoms with van der Waals surface area (Å²) in [6.07, 6.45) is 8.06. The molecule has 2 heterocycles. The second-order valence-corrected chi connectivity index (χ2v) is 6.57. The van der Waals surface area contributed by atoms with Gasteiger partial charge >= 0.3 is 0 Å². The summed E-state index contributed by atoms with van der Waals surface area (Å²) in [7, 11) is 1.97. The lowest BCUT2D eigenvalue weighted by Gasteiger charge is -2.27. The minimum absolute atomic E-state index is 0.0121. The molecule has 1 aliphatic rings. The molecule has 1 aliphatic heterocycles. The standard InChI is InChI=1S/C17H27BrN4O/c1-4-6-8-14(7-5-2)22-17(23)16(18)15(20(22)3)13-21-11-9-19-10-12-21/h6-8,19H,4-5,9-13H2,1-3H3/b8-6-,14-7+. The number of piperazine rings is 1. The third-order valence-corrected chi connectivity index (χ3v) is 4.89. The Bertz CT molecular complexity index is 636. The van der Waals surface area contributed by atoms with Crippen LogP contribution in [0.1, 0.15) is 32.4 Å². The van der Waals surface area contributed by atoms with Gasteiger partial charge in [0, 0.05) is 39.8 Å². The number of rotatable bonds is 6. The molecule has 0 saturated carbocycles. The molecule has 23 heavy (non-hydrogen) atoms. The quantitative estimate of drug-likeness (QED) is 0.768. The number of allylic oxidation sites excluding steroid dienone is 4. The molecule has 0 bridgehead atoms. The van der Waals surface area contributed by atoms with Gasteiger partial charge in [-0.05, 0) is 34.8 Å². The van der Waals surface area contributed by atoms with E-state index in [9.17, 15) is 4.79 Å². The molecule has 128 valence electrons. The normalized spacial score (nSPS) is 17.3. The molecule has 5 nitrogen and oxygen atoms in total. The van der Waals surface area contributed by atoms with Crippen molar-refractivity contribution in [3.05, 3.63) is 38.7 Å². The van der Waals surface area contributed by atoms with Crippen LogP contribution in [0.3, 0.4) is 0 Å². The van der Waals surface area contributed by atoms with E-state index in [0.717, 1.165) is 57.0 Å². The van der Waals surface area contributed by atoms with Gasteiger partial charge in [-0.15, -0.1) is 0 Å². The van der Waals surface area contributed by atoms with Crippen molar-refractivity contribution in [3.63, 3.8) is 0 Å². The van der Waals surface area contributed by atoms with E-state index in [2.05, 4.69) is 52.1 Å². The molecular formula is C17H27BrN4O. The van der Waals surface area contributed by atoms with Crippen LogP contribution in [0.5, 0.6) is 0 Å². The summed E-state index contributed by atoms with van der Waals surface area (Å²) >= 11 is 3.52. The fourth-order valence-electron chi connectivity index (χ4n) is 2.83. The van der Waals surface area contributed by atoms with Crippen molar-refractivity contribution in [2.75, 3.05) is 26.2 Å². The average Bonchev–Trinajstić information content (AvgIpc) is 2.76. The van der Waals surface area contributed by atoms with Gasteiger partial charge in [-0.25, -0.2) is 4.68 Å². The Kier molecular flexibility index (Phi) is 6.87. The van der Waals surface area contributed by atoms with Crippen molar-refractivity contribution >= 4 is 21.6 Å². The number of nitrogens with one attached hydrogen (secondary N) is 1. The molecular weight excluding hydrogens is 356 g/mol. The summed E-state index contributed by atoms with van der Waals surface area (Å²) in [6.45, 7) is 9.01. The lowest BCUT2D eigenvalue weighted by atomic mass is 10.3.